The maximum atomic E-state index is 13.5. The number of hydrogen-bond donors (Lipinski definition) is 2. The highest BCUT2D eigenvalue weighted by Crippen LogP contribution is 2.33. The monoisotopic (exact) mass is 683 g/mol. The van der Waals surface area contributed by atoms with E-state index in [4.69, 9.17) is 14.2 Å². The van der Waals surface area contributed by atoms with Crippen molar-refractivity contribution in [2.45, 2.75) is 64.2 Å². The molecule has 9 heteroatoms. The molecule has 4 aromatic rings. The maximum Gasteiger partial charge on any atom is 0.193 e. The predicted octanol–water partition coefficient (Wildman–Crippen LogP) is 7.23. The molecule has 0 fully saturated rings. The molecule has 0 aliphatic rings. The number of carbonyl (C=O) groups is 3. The van der Waals surface area contributed by atoms with Gasteiger partial charge in [0.2, 0.25) is 0 Å². The fourth-order valence-corrected chi connectivity index (χ4v) is 5.41. The number of rotatable bonds is 14. The van der Waals surface area contributed by atoms with Crippen molar-refractivity contribution in [2.75, 3.05) is 28.3 Å². The molecule has 0 saturated heterocycles. The highest BCUT2D eigenvalue weighted by Gasteiger charge is 2.40. The smallest absolute Gasteiger partial charge is 0.193 e. The topological polar surface area (TPSA) is 123 Å². The standard InChI is InChI=1S/C21H27NO3.C20H22O5/c1-6-21(22(2)3,15-16-10-8-7-9-11-16)20(23)17-12-13-18(24-4)19(14-17)25-5;1-19(2,23)17(21)13-5-9-15(10-6-13)25-16-11-7-14(8-12-16)18(22)20(3,4)24/h7-14H,6,15H2,1-5H3;5-12,23-24H,1-4H3. The second-order valence-corrected chi connectivity index (χ2v) is 13.3. The molecule has 1 unspecified atom stereocenters. The van der Waals surface area contributed by atoms with Crippen LogP contribution in [0.15, 0.2) is 97.1 Å². The van der Waals surface area contributed by atoms with Gasteiger partial charge in [0, 0.05) is 16.7 Å². The molecular weight excluding hydrogens is 634 g/mol. The predicted molar refractivity (Wildman–Crippen MR) is 195 cm³/mol. The molecule has 4 rings (SSSR count). The van der Waals surface area contributed by atoms with Crippen molar-refractivity contribution in [1.29, 1.82) is 0 Å². The van der Waals surface area contributed by atoms with Crippen molar-refractivity contribution in [3.63, 3.8) is 0 Å². The van der Waals surface area contributed by atoms with Gasteiger partial charge in [0.25, 0.3) is 0 Å². The number of ether oxygens (including phenoxy) is 3. The van der Waals surface area contributed by atoms with Crippen molar-refractivity contribution in [1.82, 2.24) is 4.90 Å². The highest BCUT2D eigenvalue weighted by atomic mass is 16.5. The summed E-state index contributed by atoms with van der Waals surface area (Å²) in [6.07, 6.45) is 1.37. The van der Waals surface area contributed by atoms with Gasteiger partial charge in [-0.15, -0.1) is 0 Å². The van der Waals surface area contributed by atoms with Gasteiger partial charge in [0.1, 0.15) is 22.7 Å². The third kappa shape index (κ3) is 9.88. The van der Waals surface area contributed by atoms with Gasteiger partial charge in [-0.1, -0.05) is 37.3 Å². The lowest BCUT2D eigenvalue weighted by atomic mass is 9.80. The Kier molecular flexibility index (Phi) is 13.2. The van der Waals surface area contributed by atoms with Crippen molar-refractivity contribution in [3.05, 3.63) is 119 Å². The lowest BCUT2D eigenvalue weighted by molar-refractivity contribution is 0.0487. The molecule has 0 aliphatic carbocycles. The van der Waals surface area contributed by atoms with Crippen LogP contribution < -0.4 is 14.2 Å². The van der Waals surface area contributed by atoms with Gasteiger partial charge in [-0.3, -0.25) is 19.3 Å². The molecule has 0 spiro atoms. The van der Waals surface area contributed by atoms with Crippen LogP contribution in [0, 0.1) is 0 Å². The Morgan fingerprint density at radius 2 is 1.06 bits per heavy atom. The quantitative estimate of drug-likeness (QED) is 0.133. The van der Waals surface area contributed by atoms with E-state index < -0.39 is 16.7 Å². The Bertz CT molecular complexity index is 1670. The van der Waals surface area contributed by atoms with Crippen molar-refractivity contribution >= 4 is 17.3 Å². The SMILES string of the molecule is CC(C)(O)C(=O)c1ccc(Oc2ccc(C(=O)C(C)(C)O)cc2)cc1.CCC(Cc1ccccc1)(C(=O)c1ccc(OC)c(OC)c1)N(C)C. The molecule has 0 saturated carbocycles. The summed E-state index contributed by atoms with van der Waals surface area (Å²) in [5.41, 5.74) is -0.898. The van der Waals surface area contributed by atoms with Crippen molar-refractivity contribution in [3.8, 4) is 23.0 Å². The molecule has 0 bridgehead atoms. The minimum Gasteiger partial charge on any atom is -0.493 e. The molecule has 0 heterocycles. The van der Waals surface area contributed by atoms with Crippen LogP contribution in [0.3, 0.4) is 0 Å². The Morgan fingerprint density at radius 1 is 0.620 bits per heavy atom. The molecule has 50 heavy (non-hydrogen) atoms. The largest absolute Gasteiger partial charge is 0.493 e. The first-order chi connectivity index (χ1) is 23.5. The Hall–Kier alpha value is -4.83. The van der Waals surface area contributed by atoms with E-state index in [0.717, 1.165) is 5.56 Å². The molecule has 0 aromatic heterocycles. The summed E-state index contributed by atoms with van der Waals surface area (Å²) in [6.45, 7) is 7.82. The van der Waals surface area contributed by atoms with Crippen LogP contribution in [0.5, 0.6) is 23.0 Å². The first-order valence-electron chi connectivity index (χ1n) is 16.4. The van der Waals surface area contributed by atoms with E-state index in [9.17, 15) is 24.6 Å². The summed E-state index contributed by atoms with van der Waals surface area (Å²) in [5, 5.41) is 19.5. The van der Waals surface area contributed by atoms with Crippen LogP contribution >= 0.6 is 0 Å². The summed E-state index contributed by atoms with van der Waals surface area (Å²) in [7, 11) is 7.09. The average molecular weight is 684 g/mol. The van der Waals surface area contributed by atoms with Crippen molar-refractivity contribution in [2.24, 2.45) is 0 Å². The molecule has 2 N–H and O–H groups in total. The van der Waals surface area contributed by atoms with E-state index in [-0.39, 0.29) is 17.3 Å². The normalized spacial score (nSPS) is 12.6. The minimum absolute atomic E-state index is 0.0878. The van der Waals surface area contributed by atoms with Crippen LogP contribution in [-0.4, -0.2) is 77.5 Å². The lowest BCUT2D eigenvalue weighted by Gasteiger charge is -2.38. The number of likely N-dealkylation sites (N-methyl/N-ethyl adjacent to an activating group) is 1. The highest BCUT2D eigenvalue weighted by molar-refractivity contribution is 6.04. The minimum atomic E-state index is -1.43. The Labute approximate surface area is 295 Å². The molecule has 0 radical (unpaired) electrons. The molecule has 4 aromatic carbocycles. The average Bonchev–Trinajstić information content (AvgIpc) is 3.09. The fourth-order valence-electron chi connectivity index (χ4n) is 5.41. The number of nitrogens with zero attached hydrogens (tertiary/aromatic N) is 1. The van der Waals surface area contributed by atoms with E-state index in [1.54, 1.807) is 74.9 Å². The number of methoxy groups -OCH3 is 2. The zero-order valence-electron chi connectivity index (χ0n) is 30.4. The zero-order chi connectivity index (χ0) is 37.3. The summed E-state index contributed by atoms with van der Waals surface area (Å²) in [5.74, 6) is 1.58. The van der Waals surface area contributed by atoms with Gasteiger partial charge in [-0.05, 0) is 127 Å². The first-order valence-corrected chi connectivity index (χ1v) is 16.4. The molecular formula is C41H49NO8. The number of benzene rings is 4. The molecule has 266 valence electrons. The lowest BCUT2D eigenvalue weighted by Crippen LogP contribution is -2.52. The number of aliphatic hydroxyl groups is 2. The van der Waals surface area contributed by atoms with Gasteiger partial charge in [0.15, 0.2) is 28.8 Å². The Morgan fingerprint density at radius 3 is 1.44 bits per heavy atom. The number of carbonyl (C=O) groups excluding carboxylic acids is 3. The van der Waals surface area contributed by atoms with Crippen LogP contribution in [0.25, 0.3) is 0 Å². The summed E-state index contributed by atoms with van der Waals surface area (Å²) in [6, 6.07) is 28.4. The van der Waals surface area contributed by atoms with E-state index in [0.29, 0.717) is 52.5 Å². The number of Topliss-reactive ketones (excluding diaryl/α,β-unsaturated/α-hetero) is 3. The molecule has 0 amide bonds. The van der Waals surface area contributed by atoms with E-state index in [1.165, 1.54) is 27.7 Å². The van der Waals surface area contributed by atoms with Crippen LogP contribution in [0.4, 0.5) is 0 Å². The third-order valence-corrected chi connectivity index (χ3v) is 8.43. The molecule has 9 nitrogen and oxygen atoms in total. The van der Waals surface area contributed by atoms with Gasteiger partial charge in [-0.2, -0.15) is 0 Å². The first kappa shape index (κ1) is 39.6. The van der Waals surface area contributed by atoms with Crippen LogP contribution in [-0.2, 0) is 6.42 Å². The van der Waals surface area contributed by atoms with E-state index in [1.807, 2.05) is 43.3 Å². The second kappa shape index (κ2) is 16.7. The summed E-state index contributed by atoms with van der Waals surface area (Å²) in [4.78, 5) is 39.5. The fraction of sp³-hybridized carbons (Fsp3) is 0.341. The van der Waals surface area contributed by atoms with Crippen LogP contribution in [0.1, 0.15) is 77.7 Å². The summed E-state index contributed by atoms with van der Waals surface area (Å²) < 4.78 is 16.3. The third-order valence-electron chi connectivity index (χ3n) is 8.43. The number of ketones is 3. The summed E-state index contributed by atoms with van der Waals surface area (Å²) >= 11 is 0. The van der Waals surface area contributed by atoms with E-state index in [2.05, 4.69) is 19.1 Å². The van der Waals surface area contributed by atoms with Gasteiger partial charge in [-0.25, -0.2) is 0 Å². The molecule has 1 atom stereocenters. The Balaban J connectivity index is 0.000000270. The second-order valence-electron chi connectivity index (χ2n) is 13.3. The zero-order valence-corrected chi connectivity index (χ0v) is 30.4. The molecule has 0 aliphatic heterocycles. The van der Waals surface area contributed by atoms with Gasteiger partial charge >= 0.3 is 0 Å². The number of hydrogen-bond acceptors (Lipinski definition) is 9. The van der Waals surface area contributed by atoms with Crippen molar-refractivity contribution < 1.29 is 38.8 Å². The maximum absolute atomic E-state index is 13.5. The van der Waals surface area contributed by atoms with Gasteiger partial charge < -0.3 is 24.4 Å². The van der Waals surface area contributed by atoms with Crippen LogP contribution in [0.2, 0.25) is 0 Å². The van der Waals surface area contributed by atoms with Gasteiger partial charge in [0.05, 0.1) is 19.8 Å². The van der Waals surface area contributed by atoms with E-state index >= 15 is 0 Å².